The van der Waals surface area contributed by atoms with Gasteiger partial charge in [-0.1, -0.05) is 48.5 Å². The van der Waals surface area contributed by atoms with Crippen molar-refractivity contribution in [2.24, 2.45) is 5.10 Å². The number of fused-ring (bicyclic) bond motifs is 2. The number of rotatable bonds is 4. The molecule has 0 amide bonds. The molecular formula is C20H17N3O2S. The average Bonchev–Trinajstić information content (AvgIpc) is 3.14. The molecule has 0 aromatic heterocycles. The van der Waals surface area contributed by atoms with Crippen molar-refractivity contribution >= 4 is 34.3 Å². The molecule has 0 fully saturated rings. The minimum atomic E-state index is 0.273. The lowest BCUT2D eigenvalue weighted by atomic mass is 10.1. The SMILES string of the molecule is S=C(NCc1ccc2c(c1)OCO2)N/N=C\c1cccc2ccccc12. The van der Waals surface area contributed by atoms with Gasteiger partial charge in [-0.15, -0.1) is 0 Å². The van der Waals surface area contributed by atoms with Gasteiger partial charge in [0, 0.05) is 12.1 Å². The maximum absolute atomic E-state index is 5.37. The van der Waals surface area contributed by atoms with Gasteiger partial charge in [-0.2, -0.15) is 5.10 Å². The van der Waals surface area contributed by atoms with Crippen LogP contribution in [0.2, 0.25) is 0 Å². The van der Waals surface area contributed by atoms with Crippen molar-refractivity contribution in [3.05, 3.63) is 71.8 Å². The van der Waals surface area contributed by atoms with Crippen LogP contribution in [0.4, 0.5) is 0 Å². The summed E-state index contributed by atoms with van der Waals surface area (Å²) < 4.78 is 10.7. The van der Waals surface area contributed by atoms with E-state index in [1.54, 1.807) is 6.21 Å². The zero-order valence-electron chi connectivity index (χ0n) is 13.9. The van der Waals surface area contributed by atoms with Crippen molar-refractivity contribution in [3.8, 4) is 11.5 Å². The van der Waals surface area contributed by atoms with E-state index in [1.165, 1.54) is 5.39 Å². The van der Waals surface area contributed by atoms with Crippen LogP contribution in [-0.2, 0) is 6.54 Å². The number of thiocarbonyl (C=S) groups is 1. The van der Waals surface area contributed by atoms with E-state index in [0.29, 0.717) is 11.7 Å². The van der Waals surface area contributed by atoms with Gasteiger partial charge >= 0.3 is 0 Å². The normalized spacial score (nSPS) is 12.5. The second kappa shape index (κ2) is 7.41. The van der Waals surface area contributed by atoms with E-state index < -0.39 is 0 Å². The van der Waals surface area contributed by atoms with Crippen molar-refractivity contribution in [1.82, 2.24) is 10.7 Å². The summed E-state index contributed by atoms with van der Waals surface area (Å²) in [5, 5.41) is 10.2. The van der Waals surface area contributed by atoms with Crippen LogP contribution in [0.3, 0.4) is 0 Å². The summed E-state index contributed by atoms with van der Waals surface area (Å²) in [7, 11) is 0. The molecule has 3 aromatic carbocycles. The second-order valence-corrected chi connectivity index (χ2v) is 6.22. The quantitative estimate of drug-likeness (QED) is 0.422. The predicted octanol–water partition coefficient (Wildman–Crippen LogP) is 3.57. The first-order valence-electron chi connectivity index (χ1n) is 8.23. The van der Waals surface area contributed by atoms with Gasteiger partial charge in [-0.3, -0.25) is 5.43 Å². The maximum Gasteiger partial charge on any atom is 0.231 e. The van der Waals surface area contributed by atoms with E-state index in [-0.39, 0.29) is 6.79 Å². The molecule has 1 heterocycles. The van der Waals surface area contributed by atoms with E-state index >= 15 is 0 Å². The summed E-state index contributed by atoms with van der Waals surface area (Å²) >= 11 is 5.27. The highest BCUT2D eigenvalue weighted by atomic mass is 32.1. The first-order chi connectivity index (χ1) is 12.8. The average molecular weight is 363 g/mol. The van der Waals surface area contributed by atoms with Crippen LogP contribution in [0.5, 0.6) is 11.5 Å². The van der Waals surface area contributed by atoms with Crippen LogP contribution in [0.15, 0.2) is 65.8 Å². The summed E-state index contributed by atoms with van der Waals surface area (Å²) in [6, 6.07) is 20.1. The van der Waals surface area contributed by atoms with E-state index in [2.05, 4.69) is 34.0 Å². The summed E-state index contributed by atoms with van der Waals surface area (Å²) in [5.74, 6) is 1.53. The van der Waals surface area contributed by atoms with Crippen molar-refractivity contribution in [2.45, 2.75) is 6.54 Å². The standard InChI is InChI=1S/C20H17N3O2S/c26-20(21-11-14-8-9-18-19(10-14)25-13-24-18)23-22-12-16-6-3-5-15-4-1-2-7-17(15)16/h1-10,12H,11,13H2,(H2,21,23,26)/b22-12-. The van der Waals surface area contributed by atoms with E-state index in [1.807, 2.05) is 42.5 Å². The van der Waals surface area contributed by atoms with E-state index in [4.69, 9.17) is 21.7 Å². The molecule has 1 aliphatic heterocycles. The van der Waals surface area contributed by atoms with Gasteiger partial charge in [0.2, 0.25) is 6.79 Å². The molecule has 26 heavy (non-hydrogen) atoms. The number of hydrogen-bond donors (Lipinski definition) is 2. The molecule has 3 aromatic rings. The van der Waals surface area contributed by atoms with E-state index in [9.17, 15) is 0 Å². The van der Waals surface area contributed by atoms with Gasteiger partial charge in [0.15, 0.2) is 16.6 Å². The van der Waals surface area contributed by atoms with Gasteiger partial charge in [-0.25, -0.2) is 0 Å². The van der Waals surface area contributed by atoms with Crippen LogP contribution < -0.4 is 20.2 Å². The number of ether oxygens (including phenoxy) is 2. The van der Waals surface area contributed by atoms with Crippen LogP contribution in [-0.4, -0.2) is 18.1 Å². The van der Waals surface area contributed by atoms with Gasteiger partial charge in [0.25, 0.3) is 0 Å². The summed E-state index contributed by atoms with van der Waals surface area (Å²) in [6.45, 7) is 0.849. The fraction of sp³-hybridized carbons (Fsp3) is 0.100. The summed E-state index contributed by atoms with van der Waals surface area (Å²) in [5.41, 5.74) is 4.94. The van der Waals surface area contributed by atoms with Crippen LogP contribution >= 0.6 is 12.2 Å². The van der Waals surface area contributed by atoms with E-state index in [0.717, 1.165) is 28.0 Å². The lowest BCUT2D eigenvalue weighted by Gasteiger charge is -2.08. The predicted molar refractivity (Wildman–Crippen MR) is 107 cm³/mol. The number of nitrogens with one attached hydrogen (secondary N) is 2. The fourth-order valence-electron chi connectivity index (χ4n) is 2.80. The third kappa shape index (κ3) is 3.60. The monoisotopic (exact) mass is 363 g/mol. The molecule has 4 rings (SSSR count). The Balaban J connectivity index is 1.34. The molecule has 0 atom stereocenters. The molecule has 130 valence electrons. The smallest absolute Gasteiger partial charge is 0.231 e. The third-order valence-electron chi connectivity index (χ3n) is 4.08. The van der Waals surface area contributed by atoms with Crippen LogP contribution in [0, 0.1) is 0 Å². The Bertz CT molecular complexity index is 982. The Labute approximate surface area is 156 Å². The van der Waals surface area contributed by atoms with Gasteiger partial charge in [0.1, 0.15) is 0 Å². The van der Waals surface area contributed by atoms with Gasteiger partial charge in [-0.05, 0) is 40.7 Å². The molecule has 0 saturated heterocycles. The Morgan fingerprint density at radius 2 is 1.88 bits per heavy atom. The topological polar surface area (TPSA) is 54.9 Å². The Morgan fingerprint density at radius 3 is 2.85 bits per heavy atom. The highest BCUT2D eigenvalue weighted by molar-refractivity contribution is 7.80. The molecule has 0 bridgehead atoms. The van der Waals surface area contributed by atoms with Crippen LogP contribution in [0.25, 0.3) is 10.8 Å². The minimum Gasteiger partial charge on any atom is -0.454 e. The number of hydrazone groups is 1. The molecule has 0 spiro atoms. The first-order valence-corrected chi connectivity index (χ1v) is 8.63. The molecule has 5 nitrogen and oxygen atoms in total. The number of nitrogens with zero attached hydrogens (tertiary/aromatic N) is 1. The third-order valence-corrected chi connectivity index (χ3v) is 4.32. The molecule has 2 N–H and O–H groups in total. The molecular weight excluding hydrogens is 346 g/mol. The summed E-state index contributed by atoms with van der Waals surface area (Å²) in [4.78, 5) is 0. The molecule has 0 saturated carbocycles. The van der Waals surface area contributed by atoms with Crippen molar-refractivity contribution < 1.29 is 9.47 Å². The zero-order valence-corrected chi connectivity index (χ0v) is 14.8. The highest BCUT2D eigenvalue weighted by Crippen LogP contribution is 2.32. The highest BCUT2D eigenvalue weighted by Gasteiger charge is 2.12. The zero-order chi connectivity index (χ0) is 17.8. The molecule has 0 unspecified atom stereocenters. The maximum atomic E-state index is 5.37. The summed E-state index contributed by atoms with van der Waals surface area (Å²) in [6.07, 6.45) is 1.77. The molecule has 0 radical (unpaired) electrons. The van der Waals surface area contributed by atoms with Crippen molar-refractivity contribution in [3.63, 3.8) is 0 Å². The van der Waals surface area contributed by atoms with Gasteiger partial charge in [0.05, 0.1) is 6.21 Å². The molecule has 1 aliphatic rings. The second-order valence-electron chi connectivity index (χ2n) is 5.81. The molecule has 6 heteroatoms. The minimum absolute atomic E-state index is 0.273. The number of hydrogen-bond acceptors (Lipinski definition) is 4. The largest absolute Gasteiger partial charge is 0.454 e. The lowest BCUT2D eigenvalue weighted by molar-refractivity contribution is 0.174. The Morgan fingerprint density at radius 1 is 1.04 bits per heavy atom. The van der Waals surface area contributed by atoms with Gasteiger partial charge < -0.3 is 14.8 Å². The Kier molecular flexibility index (Phi) is 4.66. The lowest BCUT2D eigenvalue weighted by Crippen LogP contribution is -2.31. The van der Waals surface area contributed by atoms with Crippen molar-refractivity contribution in [1.29, 1.82) is 0 Å². The van der Waals surface area contributed by atoms with Crippen LogP contribution in [0.1, 0.15) is 11.1 Å². The first kappa shape index (κ1) is 16.4. The number of benzene rings is 3. The van der Waals surface area contributed by atoms with Crippen molar-refractivity contribution in [2.75, 3.05) is 6.79 Å². The molecule has 0 aliphatic carbocycles. The fourth-order valence-corrected chi connectivity index (χ4v) is 2.92. The Hall–Kier alpha value is -3.12.